The number of aromatic nitrogens is 1. The molecule has 2 saturated heterocycles. The van der Waals surface area contributed by atoms with Gasteiger partial charge in [0.05, 0.1) is 0 Å². The van der Waals surface area contributed by atoms with Crippen molar-refractivity contribution < 1.29 is 4.79 Å². The Morgan fingerprint density at radius 2 is 1.73 bits per heavy atom. The zero-order chi connectivity index (χ0) is 17.8. The second-order valence-electron chi connectivity index (χ2n) is 7.64. The Labute approximate surface area is 155 Å². The maximum atomic E-state index is 12.5. The molecule has 1 amide bonds. The van der Waals surface area contributed by atoms with Gasteiger partial charge in [-0.1, -0.05) is 36.4 Å². The van der Waals surface area contributed by atoms with Crippen molar-refractivity contribution in [1.82, 2.24) is 14.8 Å². The molecule has 4 heteroatoms. The molecule has 2 aromatic rings. The number of piperidine rings is 1. The standard InChI is InChI=1S/C22H27N3O/c26-21-8-10-22(25(21)18-20-7-4-13-23-17-20)11-15-24(16-12-22)14-9-19-5-2-1-3-6-19/h1-7,13,17H,8-12,14-16,18H2. The van der Waals surface area contributed by atoms with E-state index < -0.39 is 0 Å². The number of hydrogen-bond donors (Lipinski definition) is 0. The molecule has 0 aliphatic carbocycles. The normalized spacial score (nSPS) is 20.0. The Morgan fingerprint density at radius 3 is 2.46 bits per heavy atom. The van der Waals surface area contributed by atoms with E-state index in [2.05, 4.69) is 51.2 Å². The SMILES string of the molecule is O=C1CCC2(CCN(CCc3ccccc3)CC2)N1Cc1cccnc1. The lowest BCUT2D eigenvalue weighted by Gasteiger charge is -2.45. The van der Waals surface area contributed by atoms with Crippen molar-refractivity contribution in [2.75, 3.05) is 19.6 Å². The van der Waals surface area contributed by atoms with Crippen molar-refractivity contribution >= 4 is 5.91 Å². The van der Waals surface area contributed by atoms with Gasteiger partial charge in [-0.15, -0.1) is 0 Å². The second-order valence-corrected chi connectivity index (χ2v) is 7.64. The van der Waals surface area contributed by atoms with E-state index in [1.54, 1.807) is 6.20 Å². The molecule has 2 fully saturated rings. The summed E-state index contributed by atoms with van der Waals surface area (Å²) in [5, 5.41) is 0. The van der Waals surface area contributed by atoms with Crippen LogP contribution in [0.3, 0.4) is 0 Å². The summed E-state index contributed by atoms with van der Waals surface area (Å²) in [6, 6.07) is 14.7. The Morgan fingerprint density at radius 1 is 0.962 bits per heavy atom. The van der Waals surface area contributed by atoms with Crippen LogP contribution >= 0.6 is 0 Å². The molecule has 4 nitrogen and oxygen atoms in total. The van der Waals surface area contributed by atoms with Crippen LogP contribution in [0.15, 0.2) is 54.9 Å². The lowest BCUT2D eigenvalue weighted by atomic mass is 9.84. The largest absolute Gasteiger partial charge is 0.333 e. The van der Waals surface area contributed by atoms with Crippen LogP contribution in [-0.2, 0) is 17.8 Å². The average Bonchev–Trinajstić information content (AvgIpc) is 2.99. The maximum absolute atomic E-state index is 12.5. The van der Waals surface area contributed by atoms with Gasteiger partial charge < -0.3 is 9.80 Å². The van der Waals surface area contributed by atoms with Crippen molar-refractivity contribution in [2.24, 2.45) is 0 Å². The summed E-state index contributed by atoms with van der Waals surface area (Å²) in [6.07, 6.45) is 8.67. The van der Waals surface area contributed by atoms with Crippen LogP contribution < -0.4 is 0 Å². The molecule has 0 bridgehead atoms. The molecule has 26 heavy (non-hydrogen) atoms. The van der Waals surface area contributed by atoms with E-state index in [1.807, 2.05) is 12.3 Å². The van der Waals surface area contributed by atoms with E-state index in [0.717, 1.165) is 50.9 Å². The zero-order valence-electron chi connectivity index (χ0n) is 15.3. The first-order chi connectivity index (χ1) is 12.8. The molecule has 4 rings (SSSR count). The van der Waals surface area contributed by atoms with Crippen LogP contribution in [0.1, 0.15) is 36.8 Å². The van der Waals surface area contributed by atoms with Gasteiger partial charge in [-0.25, -0.2) is 0 Å². The van der Waals surface area contributed by atoms with Gasteiger partial charge in [0.15, 0.2) is 0 Å². The first-order valence-electron chi connectivity index (χ1n) is 9.71. The Kier molecular flexibility index (Phi) is 5.02. The van der Waals surface area contributed by atoms with Gasteiger partial charge in [0.25, 0.3) is 0 Å². The predicted molar refractivity (Wildman–Crippen MR) is 103 cm³/mol. The number of pyridine rings is 1. The minimum absolute atomic E-state index is 0.0656. The third-order valence-corrected chi connectivity index (χ3v) is 6.09. The highest BCUT2D eigenvalue weighted by molar-refractivity contribution is 5.79. The molecule has 0 saturated carbocycles. The van der Waals surface area contributed by atoms with Gasteiger partial charge in [-0.3, -0.25) is 9.78 Å². The molecule has 2 aliphatic rings. The number of rotatable bonds is 5. The molecule has 1 aromatic heterocycles. The number of benzene rings is 1. The van der Waals surface area contributed by atoms with Crippen LogP contribution in [0.5, 0.6) is 0 Å². The average molecular weight is 349 g/mol. The van der Waals surface area contributed by atoms with Gasteiger partial charge in [0, 0.05) is 50.5 Å². The molecular weight excluding hydrogens is 322 g/mol. The van der Waals surface area contributed by atoms with Gasteiger partial charge in [0.1, 0.15) is 0 Å². The van der Waals surface area contributed by atoms with Crippen LogP contribution in [-0.4, -0.2) is 45.9 Å². The summed E-state index contributed by atoms with van der Waals surface area (Å²) in [7, 11) is 0. The molecule has 0 unspecified atom stereocenters. The van der Waals surface area contributed by atoms with E-state index in [9.17, 15) is 4.79 Å². The fraction of sp³-hybridized carbons (Fsp3) is 0.455. The summed E-state index contributed by atoms with van der Waals surface area (Å²) in [6.45, 7) is 3.99. The molecular formula is C22H27N3O. The number of hydrogen-bond acceptors (Lipinski definition) is 3. The van der Waals surface area contributed by atoms with E-state index in [1.165, 1.54) is 5.56 Å². The third kappa shape index (κ3) is 3.65. The smallest absolute Gasteiger partial charge is 0.223 e. The number of nitrogens with zero attached hydrogens (tertiary/aromatic N) is 3. The monoisotopic (exact) mass is 349 g/mol. The first-order valence-corrected chi connectivity index (χ1v) is 9.71. The summed E-state index contributed by atoms with van der Waals surface area (Å²) in [5.41, 5.74) is 2.60. The van der Waals surface area contributed by atoms with Gasteiger partial charge in [-0.05, 0) is 42.9 Å². The number of carbonyl (C=O) groups excluding carboxylic acids is 1. The van der Waals surface area contributed by atoms with E-state index >= 15 is 0 Å². The predicted octanol–water partition coefficient (Wildman–Crippen LogP) is 3.28. The van der Waals surface area contributed by atoms with E-state index in [0.29, 0.717) is 18.9 Å². The molecule has 1 aromatic carbocycles. The molecule has 1 spiro atoms. The molecule has 2 aliphatic heterocycles. The number of carbonyl (C=O) groups is 1. The molecule has 136 valence electrons. The molecule has 0 atom stereocenters. The highest BCUT2D eigenvalue weighted by atomic mass is 16.2. The van der Waals surface area contributed by atoms with E-state index in [-0.39, 0.29) is 5.54 Å². The molecule has 0 N–H and O–H groups in total. The number of amides is 1. The quantitative estimate of drug-likeness (QED) is 0.831. The lowest BCUT2D eigenvalue weighted by Crippen LogP contribution is -2.53. The van der Waals surface area contributed by atoms with Crippen molar-refractivity contribution in [3.05, 3.63) is 66.0 Å². The van der Waals surface area contributed by atoms with E-state index in [4.69, 9.17) is 0 Å². The number of likely N-dealkylation sites (tertiary alicyclic amines) is 2. The first kappa shape index (κ1) is 17.2. The van der Waals surface area contributed by atoms with Crippen molar-refractivity contribution in [3.63, 3.8) is 0 Å². The Hall–Kier alpha value is -2.20. The molecule has 0 radical (unpaired) electrons. The maximum Gasteiger partial charge on any atom is 0.223 e. The fourth-order valence-corrected chi connectivity index (χ4v) is 4.45. The highest BCUT2D eigenvalue weighted by Crippen LogP contribution is 2.40. The third-order valence-electron chi connectivity index (χ3n) is 6.09. The highest BCUT2D eigenvalue weighted by Gasteiger charge is 2.46. The zero-order valence-corrected chi connectivity index (χ0v) is 15.3. The van der Waals surface area contributed by atoms with Gasteiger partial charge in [-0.2, -0.15) is 0 Å². The summed E-state index contributed by atoms with van der Waals surface area (Å²) in [5.74, 6) is 0.312. The Bertz CT molecular complexity index is 724. The fourth-order valence-electron chi connectivity index (χ4n) is 4.45. The van der Waals surface area contributed by atoms with Crippen molar-refractivity contribution in [2.45, 2.75) is 44.2 Å². The molecule has 3 heterocycles. The Balaban J connectivity index is 1.36. The lowest BCUT2D eigenvalue weighted by molar-refractivity contribution is -0.133. The van der Waals surface area contributed by atoms with Crippen molar-refractivity contribution in [1.29, 1.82) is 0 Å². The van der Waals surface area contributed by atoms with Crippen LogP contribution in [0, 0.1) is 0 Å². The van der Waals surface area contributed by atoms with Crippen molar-refractivity contribution in [3.8, 4) is 0 Å². The summed E-state index contributed by atoms with van der Waals surface area (Å²) < 4.78 is 0. The minimum Gasteiger partial charge on any atom is -0.333 e. The minimum atomic E-state index is 0.0656. The second kappa shape index (κ2) is 7.58. The van der Waals surface area contributed by atoms with Gasteiger partial charge in [0.2, 0.25) is 5.91 Å². The topological polar surface area (TPSA) is 36.4 Å². The summed E-state index contributed by atoms with van der Waals surface area (Å²) in [4.78, 5) is 21.5. The van der Waals surface area contributed by atoms with Crippen LogP contribution in [0.4, 0.5) is 0 Å². The summed E-state index contributed by atoms with van der Waals surface area (Å²) >= 11 is 0. The van der Waals surface area contributed by atoms with Crippen LogP contribution in [0.2, 0.25) is 0 Å². The van der Waals surface area contributed by atoms with Gasteiger partial charge >= 0.3 is 0 Å². The van der Waals surface area contributed by atoms with Crippen LogP contribution in [0.25, 0.3) is 0 Å².